The largest absolute Gasteiger partial charge is 0.741 e. The van der Waals surface area contributed by atoms with Crippen LogP contribution in [-0.4, -0.2) is 73.1 Å². The van der Waals surface area contributed by atoms with Crippen LogP contribution in [0.15, 0.2) is 0 Å². The molecule has 0 aliphatic carbocycles. The van der Waals surface area contributed by atoms with Gasteiger partial charge in [0.05, 0.1) is 26.8 Å². The lowest BCUT2D eigenvalue weighted by atomic mass is 10.1. The van der Waals surface area contributed by atoms with Crippen LogP contribution in [0.25, 0.3) is 0 Å². The van der Waals surface area contributed by atoms with Gasteiger partial charge in [-0.25, -0.2) is 8.42 Å². The minimum Gasteiger partial charge on any atom is -0.741 e. The quantitative estimate of drug-likeness (QED) is 0.246. The monoisotopic (exact) mass is 381 g/mol. The first-order valence-corrected chi connectivity index (χ1v) is 9.41. The minimum atomic E-state index is -6.09. The number of nitrogens with zero attached hydrogens (tertiary/aromatic N) is 1. The molecule has 0 aromatic carbocycles. The summed E-state index contributed by atoms with van der Waals surface area (Å²) in [6, 6.07) is 0. The number of aliphatic hydroxyl groups excluding tert-OH is 2. The molecule has 0 aliphatic rings. The Labute approximate surface area is 142 Å². The summed E-state index contributed by atoms with van der Waals surface area (Å²) in [6.07, 6.45) is 7.80. The zero-order valence-corrected chi connectivity index (χ0v) is 15.2. The van der Waals surface area contributed by atoms with Gasteiger partial charge in [-0.2, -0.15) is 13.2 Å². The van der Waals surface area contributed by atoms with Gasteiger partial charge < -0.3 is 19.2 Å². The molecule has 24 heavy (non-hydrogen) atoms. The minimum absolute atomic E-state index is 0.215. The van der Waals surface area contributed by atoms with E-state index in [0.29, 0.717) is 0 Å². The Morgan fingerprint density at radius 2 is 1.29 bits per heavy atom. The maximum atomic E-state index is 10.7. The van der Waals surface area contributed by atoms with Gasteiger partial charge in [0.1, 0.15) is 13.1 Å². The van der Waals surface area contributed by atoms with Crippen LogP contribution >= 0.6 is 0 Å². The third kappa shape index (κ3) is 14.0. The Hall–Kier alpha value is -0.420. The molecule has 0 aliphatic heterocycles. The summed E-state index contributed by atoms with van der Waals surface area (Å²) in [4.78, 5) is 0. The molecule has 6 nitrogen and oxygen atoms in total. The molecule has 0 aromatic heterocycles. The summed E-state index contributed by atoms with van der Waals surface area (Å²) < 4.78 is 59.7. The van der Waals surface area contributed by atoms with E-state index in [9.17, 15) is 13.2 Å². The summed E-state index contributed by atoms with van der Waals surface area (Å²) in [5.41, 5.74) is -5.65. The van der Waals surface area contributed by atoms with Crippen molar-refractivity contribution in [2.24, 2.45) is 0 Å². The summed E-state index contributed by atoms with van der Waals surface area (Å²) in [5.74, 6) is 0. The molecule has 0 bridgehead atoms. The molecule has 0 rings (SSSR count). The maximum absolute atomic E-state index is 10.7. The normalized spacial score (nSPS) is 12.7. The molecule has 0 amide bonds. The van der Waals surface area contributed by atoms with Crippen LogP contribution in [0.4, 0.5) is 13.2 Å². The van der Waals surface area contributed by atoms with E-state index in [4.69, 9.17) is 23.2 Å². The highest BCUT2D eigenvalue weighted by atomic mass is 32.2. The first-order valence-electron chi connectivity index (χ1n) is 8.01. The van der Waals surface area contributed by atoms with Crippen molar-refractivity contribution in [3.05, 3.63) is 0 Å². The number of alkyl halides is 3. The van der Waals surface area contributed by atoms with Gasteiger partial charge in [0.25, 0.3) is 0 Å². The van der Waals surface area contributed by atoms with E-state index >= 15 is 0 Å². The Balaban J connectivity index is 0. The van der Waals surface area contributed by atoms with Crippen LogP contribution in [0.3, 0.4) is 0 Å². The van der Waals surface area contributed by atoms with Crippen molar-refractivity contribution in [3.8, 4) is 0 Å². The van der Waals surface area contributed by atoms with Crippen molar-refractivity contribution in [1.82, 2.24) is 0 Å². The fourth-order valence-electron chi connectivity index (χ4n) is 2.09. The third-order valence-electron chi connectivity index (χ3n) is 3.61. The average molecular weight is 381 g/mol. The predicted molar refractivity (Wildman–Crippen MR) is 84.1 cm³/mol. The van der Waals surface area contributed by atoms with Gasteiger partial charge >= 0.3 is 5.51 Å². The van der Waals surface area contributed by atoms with Gasteiger partial charge in [0.2, 0.25) is 0 Å². The molecular formula is C14H30F3NO5S. The van der Waals surface area contributed by atoms with Gasteiger partial charge in [0, 0.05) is 0 Å². The van der Waals surface area contributed by atoms with E-state index in [-0.39, 0.29) is 13.2 Å². The van der Waals surface area contributed by atoms with E-state index in [1.54, 1.807) is 0 Å². The highest BCUT2D eigenvalue weighted by Gasteiger charge is 2.36. The second-order valence-corrected chi connectivity index (χ2v) is 7.28. The van der Waals surface area contributed by atoms with E-state index < -0.39 is 15.6 Å². The first-order chi connectivity index (χ1) is 10.9. The Morgan fingerprint density at radius 3 is 1.62 bits per heavy atom. The van der Waals surface area contributed by atoms with Gasteiger partial charge in [-0.1, -0.05) is 32.6 Å². The lowest BCUT2D eigenvalue weighted by Gasteiger charge is -2.33. The molecule has 0 aromatic rings. The van der Waals surface area contributed by atoms with Gasteiger partial charge in [0.15, 0.2) is 10.1 Å². The fraction of sp³-hybridized carbons (Fsp3) is 1.00. The van der Waals surface area contributed by atoms with Gasteiger partial charge in [-0.15, -0.1) is 0 Å². The van der Waals surface area contributed by atoms with Crippen LogP contribution in [-0.2, 0) is 10.1 Å². The predicted octanol–water partition coefficient (Wildman–Crippen LogP) is 1.83. The molecule has 0 saturated carbocycles. The molecule has 0 unspecified atom stereocenters. The van der Waals surface area contributed by atoms with Crippen molar-refractivity contribution in [3.63, 3.8) is 0 Å². The van der Waals surface area contributed by atoms with E-state index in [1.165, 1.54) is 38.5 Å². The molecule has 10 heteroatoms. The molecule has 148 valence electrons. The zero-order chi connectivity index (χ0) is 19.3. The zero-order valence-electron chi connectivity index (χ0n) is 14.4. The number of quaternary nitrogens is 1. The third-order valence-corrected chi connectivity index (χ3v) is 4.18. The molecular weight excluding hydrogens is 351 g/mol. The van der Waals surface area contributed by atoms with Crippen LogP contribution in [0.1, 0.15) is 45.4 Å². The highest BCUT2D eigenvalue weighted by molar-refractivity contribution is 7.86. The lowest BCUT2D eigenvalue weighted by molar-refractivity contribution is -0.910. The van der Waals surface area contributed by atoms with Crippen molar-refractivity contribution in [1.29, 1.82) is 0 Å². The number of halogens is 3. The molecule has 0 radical (unpaired) electrons. The highest BCUT2D eigenvalue weighted by Crippen LogP contribution is 2.20. The van der Waals surface area contributed by atoms with Crippen molar-refractivity contribution in [2.45, 2.75) is 51.0 Å². The van der Waals surface area contributed by atoms with Crippen LogP contribution in [0.5, 0.6) is 0 Å². The second-order valence-electron chi connectivity index (χ2n) is 5.91. The Morgan fingerprint density at radius 1 is 0.917 bits per heavy atom. The van der Waals surface area contributed by atoms with Crippen LogP contribution in [0.2, 0.25) is 0 Å². The summed E-state index contributed by atoms with van der Waals surface area (Å²) in [6.45, 7) is 5.26. The van der Waals surface area contributed by atoms with E-state index in [0.717, 1.165) is 24.1 Å². The smallest absolute Gasteiger partial charge is 0.485 e. The van der Waals surface area contributed by atoms with E-state index in [2.05, 4.69) is 14.0 Å². The number of unbranched alkanes of at least 4 members (excludes halogenated alkanes) is 5. The Kier molecular flexibility index (Phi) is 13.8. The molecule has 2 N–H and O–H groups in total. The average Bonchev–Trinajstić information content (AvgIpc) is 2.42. The number of rotatable bonds is 11. The lowest BCUT2D eigenvalue weighted by Crippen LogP contribution is -2.48. The van der Waals surface area contributed by atoms with Crippen molar-refractivity contribution >= 4 is 10.1 Å². The Bertz CT molecular complexity index is 396. The van der Waals surface area contributed by atoms with E-state index in [1.807, 2.05) is 0 Å². The second kappa shape index (κ2) is 12.9. The number of hydrogen-bond donors (Lipinski definition) is 2. The molecule has 0 heterocycles. The summed E-state index contributed by atoms with van der Waals surface area (Å²) in [7, 11) is -3.97. The SMILES string of the molecule is CCCCCCCC[N+](C)(CCO)CCO.O=S(=O)([O-])C(F)(F)F. The van der Waals surface area contributed by atoms with Crippen LogP contribution in [0, 0.1) is 0 Å². The van der Waals surface area contributed by atoms with Crippen molar-refractivity contribution in [2.75, 3.05) is 39.9 Å². The number of likely N-dealkylation sites (N-methyl/N-ethyl adjacent to an activating group) is 1. The summed E-state index contributed by atoms with van der Waals surface area (Å²) in [5, 5.41) is 18.0. The summed E-state index contributed by atoms with van der Waals surface area (Å²) >= 11 is 0. The molecule has 0 spiro atoms. The number of hydrogen-bond acceptors (Lipinski definition) is 5. The molecule has 0 fully saturated rings. The molecule has 0 atom stereocenters. The first kappa shape index (κ1) is 25.8. The van der Waals surface area contributed by atoms with Gasteiger partial charge in [-0.3, -0.25) is 0 Å². The number of aliphatic hydroxyl groups is 2. The van der Waals surface area contributed by atoms with Gasteiger partial charge in [-0.05, 0) is 12.8 Å². The molecule has 0 saturated heterocycles. The van der Waals surface area contributed by atoms with Crippen molar-refractivity contribution < 1.29 is 40.8 Å². The van der Waals surface area contributed by atoms with Crippen LogP contribution < -0.4 is 0 Å². The maximum Gasteiger partial charge on any atom is 0.485 e. The topological polar surface area (TPSA) is 97.7 Å². The fourth-order valence-corrected chi connectivity index (χ4v) is 2.09. The standard InChI is InChI=1S/C13H30NO2.CHF3O3S/c1-3-4-5-6-7-8-9-14(2,10-12-15)11-13-16;2-1(3,4)8(5,6)7/h15-16H,3-13H2,1-2H3;(H,5,6,7)/q+1;/p-1.